The van der Waals surface area contributed by atoms with Crippen LogP contribution in [0.25, 0.3) is 0 Å². The van der Waals surface area contributed by atoms with Gasteiger partial charge in [-0.2, -0.15) is 0 Å². The van der Waals surface area contributed by atoms with Gasteiger partial charge in [-0.1, -0.05) is 38.5 Å². The van der Waals surface area contributed by atoms with E-state index in [9.17, 15) is 9.59 Å². The third kappa shape index (κ3) is 5.15. The molecule has 37 heavy (non-hydrogen) atoms. The molecule has 0 spiro atoms. The van der Waals surface area contributed by atoms with E-state index in [-0.39, 0.29) is 23.5 Å². The Bertz CT molecular complexity index is 1120. The Kier molecular flexibility index (Phi) is 7.60. The van der Waals surface area contributed by atoms with Gasteiger partial charge in [0.05, 0.1) is 12.7 Å². The SMILES string of the molecule is CCCCC(=O)O[C@H]1CCC2C3CCc4cc(OCc5ccc(C(=O)OC)cc5)ccc4C3CC[C@]21C. The van der Waals surface area contributed by atoms with Gasteiger partial charge >= 0.3 is 11.9 Å². The molecule has 0 N–H and O–H groups in total. The van der Waals surface area contributed by atoms with Crippen molar-refractivity contribution >= 4 is 11.9 Å². The van der Waals surface area contributed by atoms with Crippen molar-refractivity contribution in [3.05, 3.63) is 64.7 Å². The lowest BCUT2D eigenvalue weighted by Gasteiger charge is -2.50. The molecule has 0 aromatic heterocycles. The highest BCUT2D eigenvalue weighted by atomic mass is 16.5. The van der Waals surface area contributed by atoms with E-state index in [1.54, 1.807) is 12.1 Å². The molecule has 0 aliphatic heterocycles. The Balaban J connectivity index is 1.23. The average molecular weight is 505 g/mol. The van der Waals surface area contributed by atoms with Gasteiger partial charge in [0, 0.05) is 11.8 Å². The number of carbonyl (C=O) groups is 2. The summed E-state index contributed by atoms with van der Waals surface area (Å²) in [7, 11) is 1.39. The summed E-state index contributed by atoms with van der Waals surface area (Å²) in [5.74, 6) is 2.46. The van der Waals surface area contributed by atoms with E-state index >= 15 is 0 Å². The van der Waals surface area contributed by atoms with Crippen LogP contribution in [0.15, 0.2) is 42.5 Å². The van der Waals surface area contributed by atoms with Gasteiger partial charge < -0.3 is 14.2 Å². The maximum absolute atomic E-state index is 12.4. The van der Waals surface area contributed by atoms with Crippen LogP contribution in [0, 0.1) is 17.3 Å². The summed E-state index contributed by atoms with van der Waals surface area (Å²) in [5, 5.41) is 0. The highest BCUT2D eigenvalue weighted by Crippen LogP contribution is 2.61. The molecule has 3 aliphatic rings. The molecule has 2 aromatic carbocycles. The van der Waals surface area contributed by atoms with Gasteiger partial charge in [-0.25, -0.2) is 4.79 Å². The van der Waals surface area contributed by atoms with Gasteiger partial charge in [0.15, 0.2) is 0 Å². The van der Waals surface area contributed by atoms with Crippen LogP contribution in [0.5, 0.6) is 5.75 Å². The number of rotatable bonds is 8. The summed E-state index contributed by atoms with van der Waals surface area (Å²) in [6, 6.07) is 14.0. The Morgan fingerprint density at radius 1 is 1.03 bits per heavy atom. The van der Waals surface area contributed by atoms with Crippen LogP contribution in [-0.2, 0) is 27.3 Å². The Labute approximate surface area is 220 Å². The van der Waals surface area contributed by atoms with Crippen LogP contribution in [0.1, 0.15) is 98.2 Å². The summed E-state index contributed by atoms with van der Waals surface area (Å²) >= 11 is 0. The number of esters is 2. The largest absolute Gasteiger partial charge is 0.489 e. The van der Waals surface area contributed by atoms with E-state index in [0.29, 0.717) is 36.3 Å². The quantitative estimate of drug-likeness (QED) is 0.362. The molecular formula is C32H40O5. The fourth-order valence-corrected chi connectivity index (χ4v) is 7.35. The summed E-state index contributed by atoms with van der Waals surface area (Å²) in [6.07, 6.45) is 9.35. The number of unbranched alkanes of at least 4 members (excludes halogenated alkanes) is 1. The Morgan fingerprint density at radius 3 is 2.59 bits per heavy atom. The second-order valence-electron chi connectivity index (χ2n) is 11.5. The van der Waals surface area contributed by atoms with Crippen molar-refractivity contribution < 1.29 is 23.8 Å². The minimum atomic E-state index is -0.329. The van der Waals surface area contributed by atoms with Crippen molar-refractivity contribution in [2.45, 2.75) is 90.3 Å². The van der Waals surface area contributed by atoms with Gasteiger partial charge in [-0.15, -0.1) is 0 Å². The van der Waals surface area contributed by atoms with Gasteiger partial charge in [0.1, 0.15) is 18.5 Å². The molecule has 0 amide bonds. The second-order valence-corrected chi connectivity index (χ2v) is 11.5. The molecule has 0 heterocycles. The van der Waals surface area contributed by atoms with E-state index in [1.165, 1.54) is 37.5 Å². The van der Waals surface area contributed by atoms with E-state index in [0.717, 1.165) is 43.4 Å². The number of carbonyl (C=O) groups excluding carboxylic acids is 2. The third-order valence-corrected chi connectivity index (χ3v) is 9.40. The van der Waals surface area contributed by atoms with Crippen LogP contribution >= 0.6 is 0 Å². The van der Waals surface area contributed by atoms with E-state index in [4.69, 9.17) is 14.2 Å². The van der Waals surface area contributed by atoms with Crippen molar-refractivity contribution in [2.75, 3.05) is 7.11 Å². The van der Waals surface area contributed by atoms with Gasteiger partial charge in [-0.05, 0) is 104 Å². The lowest BCUT2D eigenvalue weighted by Crippen LogP contribution is -2.45. The molecule has 3 unspecified atom stereocenters. The number of benzene rings is 2. The first kappa shape index (κ1) is 25.8. The molecule has 0 saturated heterocycles. The molecule has 0 bridgehead atoms. The fraction of sp³-hybridized carbons (Fsp3) is 0.562. The van der Waals surface area contributed by atoms with E-state index in [1.807, 2.05) is 12.1 Å². The predicted octanol–water partition coefficient (Wildman–Crippen LogP) is 7.01. The van der Waals surface area contributed by atoms with Crippen molar-refractivity contribution in [2.24, 2.45) is 17.3 Å². The number of fused-ring (bicyclic) bond motifs is 5. The van der Waals surface area contributed by atoms with Crippen LogP contribution < -0.4 is 4.74 Å². The average Bonchev–Trinajstić information content (AvgIpc) is 3.26. The summed E-state index contributed by atoms with van der Waals surface area (Å²) in [5.41, 5.74) is 4.59. The normalized spacial score (nSPS) is 28.0. The van der Waals surface area contributed by atoms with Crippen LogP contribution in [0.4, 0.5) is 0 Å². The zero-order valence-electron chi connectivity index (χ0n) is 22.5. The van der Waals surface area contributed by atoms with Crippen molar-refractivity contribution in [1.82, 2.24) is 0 Å². The standard InChI is InChI=1S/C32H40O5/c1-4-5-6-30(33)37-29-16-15-28-27-13-11-23-19-24(12-14-25(23)26(27)17-18-32(28,29)2)36-20-21-7-9-22(10-8-21)31(34)35-3/h7-10,12,14,19,26-29H,4-6,11,13,15-18,20H2,1-3H3/t26?,27?,28?,29-,32+/m0/s1. The lowest BCUT2D eigenvalue weighted by molar-refractivity contribution is -0.157. The molecule has 2 saturated carbocycles. The molecular weight excluding hydrogens is 464 g/mol. The van der Waals surface area contributed by atoms with Gasteiger partial charge in [0.25, 0.3) is 0 Å². The van der Waals surface area contributed by atoms with Crippen LogP contribution in [0.2, 0.25) is 0 Å². The first-order valence-electron chi connectivity index (χ1n) is 14.0. The fourth-order valence-electron chi connectivity index (χ4n) is 7.35. The Morgan fingerprint density at radius 2 is 1.84 bits per heavy atom. The van der Waals surface area contributed by atoms with Crippen molar-refractivity contribution in [3.63, 3.8) is 0 Å². The molecule has 2 aromatic rings. The highest BCUT2D eigenvalue weighted by Gasteiger charge is 2.56. The number of aryl methyl sites for hydroxylation is 1. The molecule has 5 nitrogen and oxygen atoms in total. The molecule has 5 atom stereocenters. The summed E-state index contributed by atoms with van der Waals surface area (Å²) in [4.78, 5) is 24.0. The minimum Gasteiger partial charge on any atom is -0.489 e. The minimum absolute atomic E-state index is 0.00299. The summed E-state index contributed by atoms with van der Waals surface area (Å²) in [6.45, 7) is 4.97. The van der Waals surface area contributed by atoms with Crippen molar-refractivity contribution in [1.29, 1.82) is 0 Å². The summed E-state index contributed by atoms with van der Waals surface area (Å²) < 4.78 is 16.9. The first-order chi connectivity index (χ1) is 17.9. The van der Waals surface area contributed by atoms with E-state index < -0.39 is 0 Å². The molecule has 0 radical (unpaired) electrons. The maximum atomic E-state index is 12.4. The van der Waals surface area contributed by atoms with Crippen LogP contribution in [-0.4, -0.2) is 25.2 Å². The van der Waals surface area contributed by atoms with Crippen LogP contribution in [0.3, 0.4) is 0 Å². The van der Waals surface area contributed by atoms with Crippen molar-refractivity contribution in [3.8, 4) is 5.75 Å². The van der Waals surface area contributed by atoms with Gasteiger partial charge in [-0.3, -0.25) is 4.79 Å². The smallest absolute Gasteiger partial charge is 0.337 e. The molecule has 198 valence electrons. The predicted molar refractivity (Wildman–Crippen MR) is 143 cm³/mol. The Hall–Kier alpha value is -2.82. The number of methoxy groups -OCH3 is 1. The molecule has 3 aliphatic carbocycles. The van der Waals surface area contributed by atoms with E-state index in [2.05, 4.69) is 32.0 Å². The van der Waals surface area contributed by atoms with Gasteiger partial charge in [0.2, 0.25) is 0 Å². The molecule has 2 fully saturated rings. The number of ether oxygens (including phenoxy) is 3. The lowest BCUT2D eigenvalue weighted by atomic mass is 9.55. The highest BCUT2D eigenvalue weighted by molar-refractivity contribution is 5.89. The maximum Gasteiger partial charge on any atom is 0.337 e. The molecule has 5 rings (SSSR count). The number of hydrogen-bond donors (Lipinski definition) is 0. The molecule has 5 heteroatoms. The second kappa shape index (κ2) is 10.9. The zero-order chi connectivity index (χ0) is 26.0. The zero-order valence-corrected chi connectivity index (χ0v) is 22.5. The number of hydrogen-bond acceptors (Lipinski definition) is 5. The topological polar surface area (TPSA) is 61.8 Å². The first-order valence-corrected chi connectivity index (χ1v) is 14.0. The third-order valence-electron chi connectivity index (χ3n) is 9.40. The monoisotopic (exact) mass is 504 g/mol.